The van der Waals surface area contributed by atoms with Crippen LogP contribution >= 0.6 is 0 Å². The van der Waals surface area contributed by atoms with E-state index in [1.54, 1.807) is 0 Å². The Morgan fingerprint density at radius 2 is 1.94 bits per heavy atom. The molecule has 0 aromatic heterocycles. The second-order valence-corrected chi connectivity index (χ2v) is 5.72. The monoisotopic (exact) mass is 222 g/mol. The van der Waals surface area contributed by atoms with E-state index in [1.165, 1.54) is 45.2 Å². The number of unbranched alkanes of at least 4 members (excludes halogenated alkanes) is 1. The molecule has 0 radical (unpaired) electrons. The molecule has 0 saturated heterocycles. The lowest BCUT2D eigenvalue weighted by Crippen LogP contribution is -2.28. The van der Waals surface area contributed by atoms with Crippen molar-refractivity contribution in [3.63, 3.8) is 0 Å². The average Bonchev–Trinajstić information content (AvgIpc) is 3.06. The molecule has 1 aliphatic carbocycles. The number of hydrogen-bond acceptors (Lipinski definition) is 2. The molecule has 0 aromatic rings. The summed E-state index contributed by atoms with van der Waals surface area (Å²) in [6.07, 6.45) is 7.55. The maximum Gasteiger partial charge on any atom is 0.0683 e. The fraction of sp³-hybridized carbons (Fsp3) is 0.929. The van der Waals surface area contributed by atoms with E-state index in [0.717, 1.165) is 12.5 Å². The second-order valence-electron chi connectivity index (χ2n) is 5.72. The van der Waals surface area contributed by atoms with Crippen LogP contribution in [0.25, 0.3) is 0 Å². The third-order valence-corrected chi connectivity index (χ3v) is 3.37. The highest BCUT2D eigenvalue weighted by Crippen LogP contribution is 2.28. The van der Waals surface area contributed by atoms with E-state index in [1.807, 2.05) is 13.8 Å². The third-order valence-electron chi connectivity index (χ3n) is 3.37. The van der Waals surface area contributed by atoms with Gasteiger partial charge in [0.2, 0.25) is 0 Å². The van der Waals surface area contributed by atoms with Crippen LogP contribution in [0.1, 0.15) is 59.3 Å². The van der Waals surface area contributed by atoms with Crippen LogP contribution in [0.15, 0.2) is 0 Å². The van der Waals surface area contributed by atoms with Gasteiger partial charge in [-0.05, 0) is 59.0 Å². The molecule has 2 heteroatoms. The summed E-state index contributed by atoms with van der Waals surface area (Å²) in [6.45, 7) is 8.83. The van der Waals surface area contributed by atoms with Gasteiger partial charge in [-0.25, -0.2) is 0 Å². The molecular formula is C14H26N2. The van der Waals surface area contributed by atoms with E-state index in [9.17, 15) is 0 Å². The van der Waals surface area contributed by atoms with Gasteiger partial charge in [0.05, 0.1) is 11.5 Å². The topological polar surface area (TPSA) is 27.0 Å². The molecule has 1 saturated carbocycles. The molecule has 1 aliphatic rings. The third kappa shape index (κ3) is 4.99. The standard InChI is InChI=1S/C14H26N2/c1-4-10-16(13-7-8-13)11-6-5-9-14(2,3)12-15/h13H,4-11H2,1-3H3. The van der Waals surface area contributed by atoms with Gasteiger partial charge in [-0.2, -0.15) is 5.26 Å². The van der Waals surface area contributed by atoms with E-state index in [-0.39, 0.29) is 5.41 Å². The molecule has 1 fully saturated rings. The molecule has 0 heterocycles. The molecule has 0 atom stereocenters. The Morgan fingerprint density at radius 1 is 1.25 bits per heavy atom. The minimum absolute atomic E-state index is 0.130. The van der Waals surface area contributed by atoms with Gasteiger partial charge in [-0.3, -0.25) is 0 Å². The van der Waals surface area contributed by atoms with E-state index in [0.29, 0.717) is 0 Å². The largest absolute Gasteiger partial charge is 0.300 e. The van der Waals surface area contributed by atoms with Crippen molar-refractivity contribution in [2.24, 2.45) is 5.41 Å². The average molecular weight is 222 g/mol. The normalized spacial score (nSPS) is 16.4. The van der Waals surface area contributed by atoms with E-state index >= 15 is 0 Å². The molecule has 1 rings (SSSR count). The summed E-state index contributed by atoms with van der Waals surface area (Å²) in [7, 11) is 0. The lowest BCUT2D eigenvalue weighted by molar-refractivity contribution is 0.253. The lowest BCUT2D eigenvalue weighted by Gasteiger charge is -2.22. The molecule has 92 valence electrons. The van der Waals surface area contributed by atoms with Crippen LogP contribution in [0.5, 0.6) is 0 Å². The van der Waals surface area contributed by atoms with Crippen LogP contribution in [-0.4, -0.2) is 24.0 Å². The quantitative estimate of drug-likeness (QED) is 0.587. The first-order chi connectivity index (χ1) is 7.59. The first kappa shape index (κ1) is 13.5. The lowest BCUT2D eigenvalue weighted by atomic mass is 9.89. The maximum atomic E-state index is 8.92. The van der Waals surface area contributed by atoms with Crippen molar-refractivity contribution >= 4 is 0 Å². The predicted molar refractivity (Wildman–Crippen MR) is 68.1 cm³/mol. The Hall–Kier alpha value is -0.550. The van der Waals surface area contributed by atoms with Crippen molar-refractivity contribution in [2.45, 2.75) is 65.3 Å². The number of hydrogen-bond donors (Lipinski definition) is 0. The highest BCUT2D eigenvalue weighted by molar-refractivity contribution is 4.91. The highest BCUT2D eigenvalue weighted by Gasteiger charge is 2.27. The Balaban J connectivity index is 2.11. The molecule has 0 bridgehead atoms. The summed E-state index contributed by atoms with van der Waals surface area (Å²) in [5.41, 5.74) is -0.130. The van der Waals surface area contributed by atoms with Gasteiger partial charge in [-0.1, -0.05) is 13.3 Å². The zero-order valence-electron chi connectivity index (χ0n) is 11.1. The summed E-state index contributed by atoms with van der Waals surface area (Å²) in [5, 5.41) is 8.92. The van der Waals surface area contributed by atoms with Crippen molar-refractivity contribution < 1.29 is 0 Å². The summed E-state index contributed by atoms with van der Waals surface area (Å²) in [6, 6.07) is 3.27. The van der Waals surface area contributed by atoms with Crippen molar-refractivity contribution in [1.82, 2.24) is 4.90 Å². The molecule has 0 spiro atoms. The molecule has 0 amide bonds. The van der Waals surface area contributed by atoms with Crippen LogP contribution in [0.3, 0.4) is 0 Å². The van der Waals surface area contributed by atoms with E-state index in [2.05, 4.69) is 17.9 Å². The van der Waals surface area contributed by atoms with Gasteiger partial charge in [0, 0.05) is 6.04 Å². The predicted octanol–water partition coefficient (Wildman–Crippen LogP) is 3.58. The Morgan fingerprint density at radius 3 is 2.44 bits per heavy atom. The molecular weight excluding hydrogens is 196 g/mol. The van der Waals surface area contributed by atoms with Gasteiger partial charge in [0.1, 0.15) is 0 Å². The van der Waals surface area contributed by atoms with E-state index in [4.69, 9.17) is 5.26 Å². The summed E-state index contributed by atoms with van der Waals surface area (Å²) >= 11 is 0. The first-order valence-corrected chi connectivity index (χ1v) is 6.74. The van der Waals surface area contributed by atoms with Gasteiger partial charge in [0.15, 0.2) is 0 Å². The Labute approximate surface area is 101 Å². The van der Waals surface area contributed by atoms with Crippen molar-refractivity contribution in [2.75, 3.05) is 13.1 Å². The Kier molecular flexibility index (Phi) is 5.28. The summed E-state index contributed by atoms with van der Waals surface area (Å²) in [4.78, 5) is 2.64. The first-order valence-electron chi connectivity index (χ1n) is 6.74. The molecule has 0 aromatic carbocycles. The summed E-state index contributed by atoms with van der Waals surface area (Å²) < 4.78 is 0. The van der Waals surface area contributed by atoms with Crippen molar-refractivity contribution in [3.05, 3.63) is 0 Å². The minimum atomic E-state index is -0.130. The van der Waals surface area contributed by atoms with Gasteiger partial charge in [-0.15, -0.1) is 0 Å². The van der Waals surface area contributed by atoms with Gasteiger partial charge < -0.3 is 4.90 Å². The van der Waals surface area contributed by atoms with Gasteiger partial charge in [0.25, 0.3) is 0 Å². The number of rotatable bonds is 8. The van der Waals surface area contributed by atoms with Crippen LogP contribution in [0.2, 0.25) is 0 Å². The van der Waals surface area contributed by atoms with Crippen LogP contribution in [-0.2, 0) is 0 Å². The van der Waals surface area contributed by atoms with Gasteiger partial charge >= 0.3 is 0 Å². The molecule has 0 aliphatic heterocycles. The highest BCUT2D eigenvalue weighted by atomic mass is 15.2. The van der Waals surface area contributed by atoms with Crippen LogP contribution in [0.4, 0.5) is 0 Å². The molecule has 0 N–H and O–H groups in total. The fourth-order valence-electron chi connectivity index (χ4n) is 2.14. The smallest absolute Gasteiger partial charge is 0.0683 e. The minimum Gasteiger partial charge on any atom is -0.300 e. The van der Waals surface area contributed by atoms with Crippen LogP contribution in [0, 0.1) is 16.7 Å². The SMILES string of the molecule is CCCN(CCCCC(C)(C)C#N)C1CC1. The molecule has 0 unspecified atom stereocenters. The van der Waals surface area contributed by atoms with Crippen molar-refractivity contribution in [1.29, 1.82) is 5.26 Å². The van der Waals surface area contributed by atoms with E-state index < -0.39 is 0 Å². The fourth-order valence-corrected chi connectivity index (χ4v) is 2.14. The zero-order chi connectivity index (χ0) is 12.0. The molecule has 2 nitrogen and oxygen atoms in total. The Bertz CT molecular complexity index is 236. The maximum absolute atomic E-state index is 8.92. The molecule has 16 heavy (non-hydrogen) atoms. The number of nitrogens with zero attached hydrogens (tertiary/aromatic N) is 2. The van der Waals surface area contributed by atoms with Crippen molar-refractivity contribution in [3.8, 4) is 6.07 Å². The number of nitriles is 1. The van der Waals surface area contributed by atoms with Crippen LogP contribution < -0.4 is 0 Å². The second kappa shape index (κ2) is 6.25. The zero-order valence-corrected chi connectivity index (χ0v) is 11.1. The summed E-state index contributed by atoms with van der Waals surface area (Å²) in [5.74, 6) is 0.